The largest absolute Gasteiger partial charge is 0.480 e. The van der Waals surface area contributed by atoms with Crippen molar-refractivity contribution < 1.29 is 14.7 Å². The highest BCUT2D eigenvalue weighted by Gasteiger charge is 2.25. The van der Waals surface area contributed by atoms with E-state index >= 15 is 0 Å². The molecule has 0 aromatic rings. The highest BCUT2D eigenvalue weighted by molar-refractivity contribution is 5.83. The molecule has 1 rings (SSSR count). The first-order chi connectivity index (χ1) is 7.15. The lowest BCUT2D eigenvalue weighted by Crippen LogP contribution is -2.39. The quantitative estimate of drug-likeness (QED) is 0.697. The van der Waals surface area contributed by atoms with Gasteiger partial charge >= 0.3 is 5.97 Å². The number of carbonyl (C=O) groups is 2. The molecule has 0 atom stereocenters. The van der Waals surface area contributed by atoms with Crippen molar-refractivity contribution in [2.45, 2.75) is 26.2 Å². The fraction of sp³-hybridized carbons (Fsp3) is 0.636. The van der Waals surface area contributed by atoms with Crippen LogP contribution in [0.5, 0.6) is 0 Å². The van der Waals surface area contributed by atoms with E-state index in [1.165, 1.54) is 4.90 Å². The predicted octanol–water partition coefficient (Wildman–Crippen LogP) is 1.28. The maximum Gasteiger partial charge on any atom is 0.323 e. The molecule has 1 amide bonds. The van der Waals surface area contributed by atoms with Crippen LogP contribution < -0.4 is 0 Å². The van der Waals surface area contributed by atoms with Gasteiger partial charge in [-0.3, -0.25) is 9.59 Å². The van der Waals surface area contributed by atoms with Crippen molar-refractivity contribution in [1.82, 2.24) is 4.90 Å². The zero-order chi connectivity index (χ0) is 11.3. The summed E-state index contributed by atoms with van der Waals surface area (Å²) < 4.78 is 0. The van der Waals surface area contributed by atoms with Crippen molar-refractivity contribution in [3.8, 4) is 0 Å². The zero-order valence-corrected chi connectivity index (χ0v) is 8.98. The summed E-state index contributed by atoms with van der Waals surface area (Å²) in [6.07, 6.45) is 6.25. The van der Waals surface area contributed by atoms with E-state index < -0.39 is 5.97 Å². The van der Waals surface area contributed by atoms with Crippen molar-refractivity contribution in [2.75, 3.05) is 13.1 Å². The average Bonchev–Trinajstić information content (AvgIpc) is 2.68. The number of rotatable bonds is 5. The molecule has 84 valence electrons. The first-order valence-electron chi connectivity index (χ1n) is 5.30. The van der Waals surface area contributed by atoms with Gasteiger partial charge in [-0.2, -0.15) is 0 Å². The number of carboxylic acids is 1. The van der Waals surface area contributed by atoms with E-state index in [1.54, 1.807) is 0 Å². The number of hydrogen-bond acceptors (Lipinski definition) is 2. The van der Waals surface area contributed by atoms with Gasteiger partial charge in [-0.05, 0) is 19.3 Å². The van der Waals surface area contributed by atoms with Gasteiger partial charge in [0.25, 0.3) is 0 Å². The van der Waals surface area contributed by atoms with Crippen LogP contribution in [0.1, 0.15) is 26.2 Å². The fourth-order valence-corrected chi connectivity index (χ4v) is 1.78. The molecule has 0 aromatic carbocycles. The molecular formula is C11H17NO3. The second-order valence-corrected chi connectivity index (χ2v) is 3.79. The Bertz CT molecular complexity index is 265. The Morgan fingerprint density at radius 2 is 2.00 bits per heavy atom. The number of aliphatic carboxylic acids is 1. The third-order valence-electron chi connectivity index (χ3n) is 2.49. The van der Waals surface area contributed by atoms with Crippen LogP contribution in [0.15, 0.2) is 12.2 Å². The van der Waals surface area contributed by atoms with Crippen molar-refractivity contribution >= 4 is 11.9 Å². The molecule has 0 aromatic heterocycles. The van der Waals surface area contributed by atoms with Crippen LogP contribution >= 0.6 is 0 Å². The van der Waals surface area contributed by atoms with Crippen molar-refractivity contribution in [1.29, 1.82) is 0 Å². The molecule has 0 saturated carbocycles. The molecule has 4 nitrogen and oxygen atoms in total. The molecule has 0 heterocycles. The molecule has 0 unspecified atom stereocenters. The Morgan fingerprint density at radius 3 is 2.47 bits per heavy atom. The molecule has 4 heteroatoms. The van der Waals surface area contributed by atoms with Crippen LogP contribution in [-0.4, -0.2) is 35.0 Å². The Balaban J connectivity index is 2.53. The topological polar surface area (TPSA) is 57.6 Å². The summed E-state index contributed by atoms with van der Waals surface area (Å²) in [5.41, 5.74) is 0. The van der Waals surface area contributed by atoms with Crippen LogP contribution in [0.25, 0.3) is 0 Å². The Hall–Kier alpha value is -1.32. The van der Waals surface area contributed by atoms with E-state index in [4.69, 9.17) is 5.11 Å². The Morgan fingerprint density at radius 1 is 1.40 bits per heavy atom. The molecule has 1 aliphatic rings. The third kappa shape index (κ3) is 3.38. The highest BCUT2D eigenvalue weighted by Crippen LogP contribution is 2.20. The van der Waals surface area contributed by atoms with Gasteiger partial charge in [-0.25, -0.2) is 0 Å². The van der Waals surface area contributed by atoms with Crippen LogP contribution in [0, 0.1) is 5.92 Å². The van der Waals surface area contributed by atoms with Gasteiger partial charge in [0.2, 0.25) is 5.91 Å². The summed E-state index contributed by atoms with van der Waals surface area (Å²) in [5, 5.41) is 8.69. The van der Waals surface area contributed by atoms with Crippen molar-refractivity contribution in [3.63, 3.8) is 0 Å². The lowest BCUT2D eigenvalue weighted by molar-refractivity contribution is -0.146. The van der Waals surface area contributed by atoms with Gasteiger partial charge in [-0.1, -0.05) is 19.1 Å². The number of hydrogen-bond donors (Lipinski definition) is 1. The summed E-state index contributed by atoms with van der Waals surface area (Å²) in [7, 11) is 0. The Kier molecular flexibility index (Phi) is 4.34. The smallest absolute Gasteiger partial charge is 0.323 e. The molecular weight excluding hydrogens is 194 g/mol. The minimum Gasteiger partial charge on any atom is -0.480 e. The minimum absolute atomic E-state index is 0.0238. The molecule has 0 aliphatic heterocycles. The van der Waals surface area contributed by atoms with Gasteiger partial charge < -0.3 is 10.0 Å². The first-order valence-corrected chi connectivity index (χ1v) is 5.30. The minimum atomic E-state index is -0.942. The van der Waals surface area contributed by atoms with E-state index in [9.17, 15) is 9.59 Å². The maximum atomic E-state index is 11.9. The van der Waals surface area contributed by atoms with Gasteiger partial charge in [0.05, 0.1) is 0 Å². The summed E-state index contributed by atoms with van der Waals surface area (Å²) >= 11 is 0. The van der Waals surface area contributed by atoms with Gasteiger partial charge in [0.15, 0.2) is 0 Å². The third-order valence-corrected chi connectivity index (χ3v) is 2.49. The summed E-state index contributed by atoms with van der Waals surface area (Å²) in [5.74, 6) is -0.997. The van der Waals surface area contributed by atoms with Gasteiger partial charge in [0.1, 0.15) is 6.54 Å². The molecule has 0 fully saturated rings. The van der Waals surface area contributed by atoms with Crippen LogP contribution in [0.4, 0.5) is 0 Å². The average molecular weight is 211 g/mol. The van der Waals surface area contributed by atoms with Gasteiger partial charge in [-0.15, -0.1) is 0 Å². The predicted molar refractivity (Wildman–Crippen MR) is 56.4 cm³/mol. The lowest BCUT2D eigenvalue weighted by Gasteiger charge is -2.23. The lowest BCUT2D eigenvalue weighted by atomic mass is 10.1. The van der Waals surface area contributed by atoms with E-state index in [-0.39, 0.29) is 18.4 Å². The number of allylic oxidation sites excluding steroid dienone is 2. The van der Waals surface area contributed by atoms with Crippen molar-refractivity contribution in [3.05, 3.63) is 12.2 Å². The van der Waals surface area contributed by atoms with Gasteiger partial charge in [0, 0.05) is 12.5 Å². The van der Waals surface area contributed by atoms with Crippen LogP contribution in [-0.2, 0) is 9.59 Å². The molecule has 1 N–H and O–H groups in total. The van der Waals surface area contributed by atoms with E-state index in [0.717, 1.165) is 19.3 Å². The number of amides is 1. The first kappa shape index (κ1) is 11.8. The maximum absolute atomic E-state index is 11.9. The second-order valence-electron chi connectivity index (χ2n) is 3.79. The standard InChI is InChI=1S/C11H17NO3/c1-2-7-12(8-10(13)14)11(15)9-5-3-4-6-9/h3-4,9H,2,5-8H2,1H3,(H,13,14). The molecule has 1 aliphatic carbocycles. The zero-order valence-electron chi connectivity index (χ0n) is 8.98. The highest BCUT2D eigenvalue weighted by atomic mass is 16.4. The number of carboxylic acid groups (broad SMARTS) is 1. The normalized spacial score (nSPS) is 15.5. The van der Waals surface area contributed by atoms with Crippen molar-refractivity contribution in [2.24, 2.45) is 5.92 Å². The van der Waals surface area contributed by atoms with E-state index in [1.807, 2.05) is 19.1 Å². The Labute approximate surface area is 89.6 Å². The molecule has 0 spiro atoms. The SMILES string of the molecule is CCCN(CC(=O)O)C(=O)C1CC=CC1. The molecule has 15 heavy (non-hydrogen) atoms. The van der Waals surface area contributed by atoms with Crippen LogP contribution in [0.3, 0.4) is 0 Å². The number of carbonyl (C=O) groups excluding carboxylic acids is 1. The molecule has 0 bridgehead atoms. The number of nitrogens with zero attached hydrogens (tertiary/aromatic N) is 1. The summed E-state index contributed by atoms with van der Waals surface area (Å²) in [6.45, 7) is 2.29. The second kappa shape index (κ2) is 5.53. The molecule has 0 radical (unpaired) electrons. The van der Waals surface area contributed by atoms with E-state index in [0.29, 0.717) is 6.54 Å². The summed E-state index contributed by atoms with van der Waals surface area (Å²) in [4.78, 5) is 23.9. The fourth-order valence-electron chi connectivity index (χ4n) is 1.78. The molecule has 0 saturated heterocycles. The van der Waals surface area contributed by atoms with E-state index in [2.05, 4.69) is 0 Å². The monoisotopic (exact) mass is 211 g/mol. The summed E-state index contributed by atoms with van der Waals surface area (Å²) in [6, 6.07) is 0. The van der Waals surface area contributed by atoms with Crippen LogP contribution in [0.2, 0.25) is 0 Å².